The zero-order chi connectivity index (χ0) is 17.9. The normalized spacial score (nSPS) is 21.4. The van der Waals surface area contributed by atoms with Crippen LogP contribution in [-0.2, 0) is 14.8 Å². The Morgan fingerprint density at radius 1 is 1.32 bits per heavy atom. The molecule has 0 radical (unpaired) electrons. The van der Waals surface area contributed by atoms with E-state index in [1.54, 1.807) is 0 Å². The summed E-state index contributed by atoms with van der Waals surface area (Å²) in [5.41, 5.74) is 0.269. The Labute approximate surface area is 153 Å². The lowest BCUT2D eigenvalue weighted by molar-refractivity contribution is 0.114. The molecule has 1 aromatic rings. The fourth-order valence-electron chi connectivity index (χ4n) is 3.03. The van der Waals surface area contributed by atoms with E-state index in [4.69, 9.17) is 17.0 Å². The van der Waals surface area contributed by atoms with Gasteiger partial charge in [0.1, 0.15) is 5.75 Å². The van der Waals surface area contributed by atoms with E-state index < -0.39 is 10.0 Å². The van der Waals surface area contributed by atoms with Gasteiger partial charge in [-0.3, -0.25) is 0 Å². The molecule has 3 N–H and O–H groups in total. The summed E-state index contributed by atoms with van der Waals surface area (Å²) in [6.07, 6.45) is 3.92. The molecule has 0 aliphatic carbocycles. The Kier molecular flexibility index (Phi) is 5.78. The van der Waals surface area contributed by atoms with E-state index >= 15 is 0 Å². The first-order valence-electron chi connectivity index (χ1n) is 8.46. The van der Waals surface area contributed by atoms with Crippen molar-refractivity contribution in [1.29, 1.82) is 0 Å². The lowest BCUT2D eigenvalue weighted by Gasteiger charge is -2.18. The van der Waals surface area contributed by atoms with E-state index in [1.165, 1.54) is 22.5 Å². The van der Waals surface area contributed by atoms with Gasteiger partial charge in [0, 0.05) is 26.2 Å². The predicted molar refractivity (Wildman–Crippen MR) is 99.3 cm³/mol. The molecule has 0 spiro atoms. The second-order valence-corrected chi connectivity index (χ2v) is 8.61. The van der Waals surface area contributed by atoms with Gasteiger partial charge in [-0.25, -0.2) is 8.42 Å². The van der Waals surface area contributed by atoms with E-state index in [1.807, 2.05) is 0 Å². The van der Waals surface area contributed by atoms with Crippen molar-refractivity contribution in [3.05, 3.63) is 18.2 Å². The summed E-state index contributed by atoms with van der Waals surface area (Å²) in [6.45, 7) is 2.42. The summed E-state index contributed by atoms with van der Waals surface area (Å²) in [4.78, 5) is 0.150. The number of hydrogen-bond acceptors (Lipinski definition) is 5. The Morgan fingerprint density at radius 3 is 2.76 bits per heavy atom. The smallest absolute Gasteiger partial charge is 0.243 e. The SMILES string of the molecule is O=S(=O)(c1ccc(O)c(NC(=S)NC[C@H]2CCCO2)c1)N1CCCC1. The van der Waals surface area contributed by atoms with Gasteiger partial charge in [0.25, 0.3) is 0 Å². The summed E-state index contributed by atoms with van der Waals surface area (Å²) in [5, 5.41) is 16.2. The number of rotatable bonds is 5. The van der Waals surface area contributed by atoms with Crippen LogP contribution in [0, 0.1) is 0 Å². The first kappa shape index (κ1) is 18.4. The second-order valence-electron chi connectivity index (χ2n) is 6.26. The highest BCUT2D eigenvalue weighted by atomic mass is 32.2. The van der Waals surface area contributed by atoms with Crippen LogP contribution in [-0.4, -0.2) is 55.3 Å². The first-order chi connectivity index (χ1) is 12.0. The van der Waals surface area contributed by atoms with Crippen molar-refractivity contribution in [2.24, 2.45) is 0 Å². The molecule has 0 unspecified atom stereocenters. The molecule has 9 heteroatoms. The van der Waals surface area contributed by atoms with Crippen molar-refractivity contribution in [3.63, 3.8) is 0 Å². The fourth-order valence-corrected chi connectivity index (χ4v) is 4.77. The van der Waals surface area contributed by atoms with Crippen LogP contribution in [0.25, 0.3) is 0 Å². The molecule has 25 heavy (non-hydrogen) atoms. The minimum Gasteiger partial charge on any atom is -0.506 e. The van der Waals surface area contributed by atoms with Crippen molar-refractivity contribution in [3.8, 4) is 5.75 Å². The maximum absolute atomic E-state index is 12.6. The molecule has 2 fully saturated rings. The number of phenolic OH excluding ortho intramolecular Hbond substituents is 1. The topological polar surface area (TPSA) is 90.9 Å². The van der Waals surface area contributed by atoms with Crippen molar-refractivity contribution in [2.75, 3.05) is 31.6 Å². The van der Waals surface area contributed by atoms with Gasteiger partial charge in [-0.2, -0.15) is 4.31 Å². The molecule has 3 rings (SSSR count). The number of benzene rings is 1. The number of thiocarbonyl (C=S) groups is 1. The number of anilines is 1. The molecule has 2 aliphatic rings. The molecule has 1 atom stereocenters. The molecule has 2 heterocycles. The van der Waals surface area contributed by atoms with Crippen LogP contribution < -0.4 is 10.6 Å². The van der Waals surface area contributed by atoms with Crippen molar-refractivity contribution >= 4 is 33.0 Å². The average Bonchev–Trinajstić information content (AvgIpc) is 3.28. The van der Waals surface area contributed by atoms with E-state index in [9.17, 15) is 13.5 Å². The van der Waals surface area contributed by atoms with Gasteiger partial charge in [-0.05, 0) is 56.1 Å². The van der Waals surface area contributed by atoms with Gasteiger partial charge < -0.3 is 20.5 Å². The van der Waals surface area contributed by atoms with E-state index in [0.29, 0.717) is 24.7 Å². The maximum atomic E-state index is 12.6. The molecule has 2 aliphatic heterocycles. The van der Waals surface area contributed by atoms with Crippen LogP contribution >= 0.6 is 12.2 Å². The van der Waals surface area contributed by atoms with Crippen molar-refractivity contribution in [1.82, 2.24) is 9.62 Å². The lowest BCUT2D eigenvalue weighted by Crippen LogP contribution is -2.35. The van der Waals surface area contributed by atoms with Gasteiger partial charge in [-0.1, -0.05) is 0 Å². The third kappa shape index (κ3) is 4.41. The minimum absolute atomic E-state index is 0.0540. The number of hydrogen-bond donors (Lipinski definition) is 3. The monoisotopic (exact) mass is 385 g/mol. The predicted octanol–water partition coefficient (Wildman–Crippen LogP) is 1.64. The highest BCUT2D eigenvalue weighted by Crippen LogP contribution is 2.29. The fraction of sp³-hybridized carbons (Fsp3) is 0.562. The lowest BCUT2D eigenvalue weighted by atomic mass is 10.2. The van der Waals surface area contributed by atoms with Crippen molar-refractivity contribution < 1.29 is 18.3 Å². The van der Waals surface area contributed by atoms with E-state index in [-0.39, 0.29) is 22.4 Å². The zero-order valence-corrected chi connectivity index (χ0v) is 15.5. The Hall–Kier alpha value is -1.42. The number of aromatic hydroxyl groups is 1. The standard InChI is InChI=1S/C16H23N3O4S2/c20-15-6-5-13(25(21,22)19-7-1-2-8-19)10-14(15)18-16(24)17-11-12-4-3-9-23-12/h5-6,10,12,20H,1-4,7-9,11H2,(H2,17,18,24)/t12-/m1/s1. The summed E-state index contributed by atoms with van der Waals surface area (Å²) in [6, 6.07) is 4.20. The highest BCUT2D eigenvalue weighted by Gasteiger charge is 2.27. The van der Waals surface area contributed by atoms with Gasteiger partial charge in [0.2, 0.25) is 10.0 Å². The third-order valence-corrected chi connectivity index (χ3v) is 6.57. The van der Waals surface area contributed by atoms with Gasteiger partial charge in [0.15, 0.2) is 5.11 Å². The van der Waals surface area contributed by atoms with Crippen LogP contribution in [0.3, 0.4) is 0 Å². The van der Waals surface area contributed by atoms with Crippen LogP contribution in [0.1, 0.15) is 25.7 Å². The minimum atomic E-state index is -3.54. The molecule has 0 bridgehead atoms. The summed E-state index contributed by atoms with van der Waals surface area (Å²) in [5.74, 6) is -0.0540. The largest absolute Gasteiger partial charge is 0.506 e. The number of nitrogens with one attached hydrogen (secondary N) is 2. The van der Waals surface area contributed by atoms with E-state index in [0.717, 1.165) is 32.3 Å². The molecule has 138 valence electrons. The van der Waals surface area contributed by atoms with Gasteiger partial charge in [-0.15, -0.1) is 0 Å². The molecular weight excluding hydrogens is 362 g/mol. The quantitative estimate of drug-likeness (QED) is 0.524. The molecule has 1 aromatic carbocycles. The first-order valence-corrected chi connectivity index (χ1v) is 10.3. The average molecular weight is 386 g/mol. The highest BCUT2D eigenvalue weighted by molar-refractivity contribution is 7.89. The Morgan fingerprint density at radius 2 is 2.08 bits per heavy atom. The van der Waals surface area contributed by atoms with Crippen molar-refractivity contribution in [2.45, 2.75) is 36.7 Å². The van der Waals surface area contributed by atoms with Gasteiger partial charge >= 0.3 is 0 Å². The number of phenols is 1. The summed E-state index contributed by atoms with van der Waals surface area (Å²) < 4.78 is 32.3. The maximum Gasteiger partial charge on any atom is 0.243 e. The third-order valence-electron chi connectivity index (χ3n) is 4.43. The molecule has 0 saturated carbocycles. The second kappa shape index (κ2) is 7.86. The molecule has 2 saturated heterocycles. The zero-order valence-electron chi connectivity index (χ0n) is 13.9. The van der Waals surface area contributed by atoms with Gasteiger partial charge in [0.05, 0.1) is 16.7 Å². The number of sulfonamides is 1. The molecule has 0 aromatic heterocycles. The Bertz CT molecular complexity index is 727. The molecule has 0 amide bonds. The van der Waals surface area contributed by atoms with Crippen LogP contribution in [0.5, 0.6) is 5.75 Å². The summed E-state index contributed by atoms with van der Waals surface area (Å²) in [7, 11) is -3.54. The Balaban J connectivity index is 1.67. The summed E-state index contributed by atoms with van der Waals surface area (Å²) >= 11 is 5.23. The van der Waals surface area contributed by atoms with E-state index in [2.05, 4.69) is 10.6 Å². The van der Waals surface area contributed by atoms with Crippen LogP contribution in [0.2, 0.25) is 0 Å². The van der Waals surface area contributed by atoms with Crippen LogP contribution in [0.15, 0.2) is 23.1 Å². The van der Waals surface area contributed by atoms with Crippen LogP contribution in [0.4, 0.5) is 5.69 Å². The molecule has 7 nitrogen and oxygen atoms in total. The number of ether oxygens (including phenoxy) is 1. The number of nitrogens with zero attached hydrogens (tertiary/aromatic N) is 1. The molecular formula is C16H23N3O4S2.